The molecule has 1 atom stereocenters. The molecule has 0 bridgehead atoms. The molecule has 184 valence electrons. The van der Waals surface area contributed by atoms with Crippen LogP contribution in [0, 0.1) is 18.6 Å². The molecular weight excluding hydrogens is 478 g/mol. The minimum atomic E-state index is -4.21. The number of nitrogens with zero attached hydrogens (tertiary/aromatic N) is 1. The number of aryl methyl sites for hydroxylation is 1. The number of halogens is 2. The van der Waals surface area contributed by atoms with Gasteiger partial charge in [-0.2, -0.15) is 5.10 Å². The molecule has 0 aliphatic rings. The second kappa shape index (κ2) is 10.4. The quantitative estimate of drug-likeness (QED) is 0.246. The molecule has 0 spiro atoms. The summed E-state index contributed by atoms with van der Waals surface area (Å²) in [5.41, 5.74) is 2.42. The molecule has 4 aromatic rings. The Bertz CT molecular complexity index is 1420. The second-order valence-corrected chi connectivity index (χ2v) is 9.61. The smallest absolute Gasteiger partial charge is 0.262 e. The number of aliphatic hydroxyl groups excluding tert-OH is 1. The van der Waals surface area contributed by atoms with Crippen LogP contribution in [-0.4, -0.2) is 43.4 Å². The Labute approximate surface area is 201 Å². The molecule has 11 heteroatoms. The summed E-state index contributed by atoms with van der Waals surface area (Å²) in [7, 11) is -4.21. The molecule has 1 unspecified atom stereocenters. The Kier molecular flexibility index (Phi) is 7.29. The Morgan fingerprint density at radius 1 is 1.09 bits per heavy atom. The van der Waals surface area contributed by atoms with Gasteiger partial charge in [-0.25, -0.2) is 17.2 Å². The highest BCUT2D eigenvalue weighted by Crippen LogP contribution is 2.23. The molecule has 3 aromatic carbocycles. The topological polar surface area (TPSA) is 116 Å². The number of aliphatic hydroxyl groups is 1. The molecule has 8 nitrogen and oxygen atoms in total. The number of hydrogen-bond donors (Lipinski definition) is 4. The molecule has 0 radical (unpaired) electrons. The highest BCUT2D eigenvalue weighted by molar-refractivity contribution is 7.92. The van der Waals surface area contributed by atoms with Crippen LogP contribution in [0.1, 0.15) is 17.4 Å². The highest BCUT2D eigenvalue weighted by Gasteiger charge is 2.17. The van der Waals surface area contributed by atoms with Gasteiger partial charge < -0.3 is 15.2 Å². The Morgan fingerprint density at radius 2 is 1.86 bits per heavy atom. The van der Waals surface area contributed by atoms with E-state index >= 15 is 0 Å². The van der Waals surface area contributed by atoms with E-state index in [0.29, 0.717) is 30.5 Å². The van der Waals surface area contributed by atoms with Crippen molar-refractivity contribution in [1.82, 2.24) is 15.5 Å². The third kappa shape index (κ3) is 6.13. The molecular formula is C24H24F2N4O4S. The first-order chi connectivity index (χ1) is 16.7. The van der Waals surface area contributed by atoms with E-state index in [1.54, 1.807) is 12.1 Å². The number of aromatic nitrogens is 2. The zero-order valence-electron chi connectivity index (χ0n) is 18.8. The maximum atomic E-state index is 13.4. The average molecular weight is 503 g/mol. The van der Waals surface area contributed by atoms with Gasteiger partial charge in [-0.1, -0.05) is 12.1 Å². The number of hydrogen-bond acceptors (Lipinski definition) is 6. The number of ether oxygens (including phenoxy) is 1. The van der Waals surface area contributed by atoms with Gasteiger partial charge in [0.15, 0.2) is 0 Å². The van der Waals surface area contributed by atoms with Crippen molar-refractivity contribution in [3.63, 3.8) is 0 Å². The van der Waals surface area contributed by atoms with Crippen LogP contribution in [0.15, 0.2) is 65.6 Å². The van der Waals surface area contributed by atoms with E-state index in [1.807, 2.05) is 25.1 Å². The van der Waals surface area contributed by atoms with E-state index < -0.39 is 32.7 Å². The third-order valence-corrected chi connectivity index (χ3v) is 6.63. The monoisotopic (exact) mass is 502 g/mol. The zero-order chi connectivity index (χ0) is 25.0. The first-order valence-electron chi connectivity index (χ1n) is 10.8. The van der Waals surface area contributed by atoms with Crippen molar-refractivity contribution in [2.24, 2.45) is 0 Å². The maximum Gasteiger partial charge on any atom is 0.262 e. The van der Waals surface area contributed by atoms with Gasteiger partial charge in [-0.15, -0.1) is 0 Å². The molecule has 1 aromatic heterocycles. The fourth-order valence-corrected chi connectivity index (χ4v) is 4.61. The SMILES string of the molecule is Cc1[nH]nc2cc(OCCNCC(O)c3cccc(NS(=O)(=O)c4cc(F)cc(F)c4)c3)ccc12. The standard InChI is InChI=1S/C24H24F2N4O4S/c1-15-22-6-5-20(13-23(22)29-28-15)34-8-7-27-14-24(31)16-3-2-4-19(9-16)30-35(32,33)21-11-17(25)10-18(26)12-21/h2-6,9-13,24,27,30-31H,7-8,14H2,1H3,(H,28,29). The van der Waals surface area contributed by atoms with E-state index in [0.717, 1.165) is 28.7 Å². The lowest BCUT2D eigenvalue weighted by atomic mass is 10.1. The van der Waals surface area contributed by atoms with E-state index in [1.165, 1.54) is 12.1 Å². The van der Waals surface area contributed by atoms with Crippen LogP contribution in [0.25, 0.3) is 10.9 Å². The van der Waals surface area contributed by atoms with Gasteiger partial charge in [0.1, 0.15) is 24.0 Å². The van der Waals surface area contributed by atoms with Gasteiger partial charge >= 0.3 is 0 Å². The average Bonchev–Trinajstić information content (AvgIpc) is 3.18. The van der Waals surface area contributed by atoms with Crippen LogP contribution < -0.4 is 14.8 Å². The number of rotatable bonds is 10. The highest BCUT2D eigenvalue weighted by atomic mass is 32.2. The fraction of sp³-hybridized carbons (Fsp3) is 0.208. The predicted molar refractivity (Wildman–Crippen MR) is 128 cm³/mol. The maximum absolute atomic E-state index is 13.4. The van der Waals surface area contributed by atoms with Crippen molar-refractivity contribution in [1.29, 1.82) is 0 Å². The van der Waals surface area contributed by atoms with E-state index in [4.69, 9.17) is 4.74 Å². The van der Waals surface area contributed by atoms with Gasteiger partial charge in [0.25, 0.3) is 10.0 Å². The molecule has 0 aliphatic heterocycles. The molecule has 1 heterocycles. The summed E-state index contributed by atoms with van der Waals surface area (Å²) in [4.78, 5) is -0.538. The Balaban J connectivity index is 1.29. The lowest BCUT2D eigenvalue weighted by molar-refractivity contribution is 0.172. The molecule has 4 rings (SSSR count). The summed E-state index contributed by atoms with van der Waals surface area (Å²) < 4.78 is 59.8. The minimum Gasteiger partial charge on any atom is -0.492 e. The Hall–Kier alpha value is -3.54. The van der Waals surface area contributed by atoms with Crippen molar-refractivity contribution in [2.75, 3.05) is 24.4 Å². The summed E-state index contributed by atoms with van der Waals surface area (Å²) in [6, 6.07) is 13.8. The predicted octanol–water partition coefficient (Wildman–Crippen LogP) is 3.65. The number of nitrogens with one attached hydrogen (secondary N) is 3. The molecule has 35 heavy (non-hydrogen) atoms. The molecule has 4 N–H and O–H groups in total. The normalized spacial score (nSPS) is 12.6. The van der Waals surface area contributed by atoms with E-state index in [2.05, 4.69) is 20.2 Å². The number of aromatic amines is 1. The second-order valence-electron chi connectivity index (χ2n) is 7.93. The summed E-state index contributed by atoms with van der Waals surface area (Å²) in [5.74, 6) is -1.31. The van der Waals surface area contributed by atoms with Gasteiger partial charge in [0, 0.05) is 42.0 Å². The zero-order valence-corrected chi connectivity index (χ0v) is 19.6. The lowest BCUT2D eigenvalue weighted by Crippen LogP contribution is -2.26. The molecule has 0 saturated carbocycles. The van der Waals surface area contributed by atoms with Crippen molar-refractivity contribution in [3.05, 3.63) is 83.6 Å². The summed E-state index contributed by atoms with van der Waals surface area (Å²) >= 11 is 0. The number of H-pyrrole nitrogens is 1. The largest absolute Gasteiger partial charge is 0.492 e. The molecule has 0 fully saturated rings. The van der Waals surface area contributed by atoms with Crippen molar-refractivity contribution < 1.29 is 27.0 Å². The summed E-state index contributed by atoms with van der Waals surface area (Å²) in [6.45, 7) is 2.98. The first-order valence-corrected chi connectivity index (χ1v) is 12.2. The third-order valence-electron chi connectivity index (χ3n) is 5.27. The molecule has 0 amide bonds. The lowest BCUT2D eigenvalue weighted by Gasteiger charge is -2.15. The first kappa shape index (κ1) is 24.6. The van der Waals surface area contributed by atoms with Crippen LogP contribution in [-0.2, 0) is 10.0 Å². The van der Waals surface area contributed by atoms with E-state index in [-0.39, 0.29) is 12.2 Å². The van der Waals surface area contributed by atoms with Crippen LogP contribution in [0.2, 0.25) is 0 Å². The van der Waals surface area contributed by atoms with Crippen LogP contribution in [0.5, 0.6) is 5.75 Å². The van der Waals surface area contributed by atoms with Crippen LogP contribution in [0.4, 0.5) is 14.5 Å². The van der Waals surface area contributed by atoms with E-state index in [9.17, 15) is 22.3 Å². The minimum absolute atomic E-state index is 0.151. The number of fused-ring (bicyclic) bond motifs is 1. The molecule has 0 aliphatic carbocycles. The number of benzene rings is 3. The van der Waals surface area contributed by atoms with Gasteiger partial charge in [0.2, 0.25) is 0 Å². The Morgan fingerprint density at radius 3 is 2.63 bits per heavy atom. The van der Waals surface area contributed by atoms with Gasteiger partial charge in [0.05, 0.1) is 16.5 Å². The molecule has 0 saturated heterocycles. The van der Waals surface area contributed by atoms with Gasteiger partial charge in [-0.05, 0) is 48.9 Å². The van der Waals surface area contributed by atoms with Crippen LogP contribution in [0.3, 0.4) is 0 Å². The van der Waals surface area contributed by atoms with Gasteiger partial charge in [-0.3, -0.25) is 9.82 Å². The fourth-order valence-electron chi connectivity index (χ4n) is 3.52. The van der Waals surface area contributed by atoms with Crippen molar-refractivity contribution in [3.8, 4) is 5.75 Å². The van der Waals surface area contributed by atoms with Crippen molar-refractivity contribution >= 4 is 26.6 Å². The number of sulfonamides is 1. The summed E-state index contributed by atoms with van der Waals surface area (Å²) in [5, 5.41) is 21.7. The van der Waals surface area contributed by atoms with Crippen LogP contribution >= 0.6 is 0 Å². The van der Waals surface area contributed by atoms with Crippen molar-refractivity contribution in [2.45, 2.75) is 17.9 Å². The summed E-state index contributed by atoms with van der Waals surface area (Å²) in [6.07, 6.45) is -0.922. The number of anilines is 1.